The highest BCUT2D eigenvalue weighted by Gasteiger charge is 2.31. The Morgan fingerprint density at radius 1 is 1.59 bits per heavy atom. The summed E-state index contributed by atoms with van der Waals surface area (Å²) in [5.74, 6) is 4.16. The topological polar surface area (TPSA) is 21.3 Å². The van der Waals surface area contributed by atoms with Crippen LogP contribution in [0.1, 0.15) is 18.9 Å². The standard InChI is InChI=1S/C14H16BrNO/c1-3-6-17-14-5-4-12(15)8-11(14)9-16-13-7-10(13)2/h1,4-5,8,10,13,16H,6-7,9H2,2H3. The minimum absolute atomic E-state index is 0.314. The number of hydrogen-bond donors (Lipinski definition) is 1. The second kappa shape index (κ2) is 5.57. The average Bonchev–Trinajstić information content (AvgIpc) is 3.01. The van der Waals surface area contributed by atoms with Crippen LogP contribution in [0, 0.1) is 18.3 Å². The maximum atomic E-state index is 5.52. The third-order valence-corrected chi connectivity index (χ3v) is 3.49. The van der Waals surface area contributed by atoms with Crippen molar-refractivity contribution in [1.82, 2.24) is 5.32 Å². The van der Waals surface area contributed by atoms with Gasteiger partial charge in [0.05, 0.1) is 0 Å². The summed E-state index contributed by atoms with van der Waals surface area (Å²) in [6.45, 7) is 3.40. The van der Waals surface area contributed by atoms with Crippen molar-refractivity contribution in [3.05, 3.63) is 28.2 Å². The van der Waals surface area contributed by atoms with Gasteiger partial charge in [0.1, 0.15) is 12.4 Å². The molecule has 3 heteroatoms. The molecule has 0 amide bonds. The normalized spacial score (nSPS) is 21.9. The Balaban J connectivity index is 2.01. The molecule has 0 aromatic heterocycles. The lowest BCUT2D eigenvalue weighted by molar-refractivity contribution is 0.364. The van der Waals surface area contributed by atoms with Gasteiger partial charge in [-0.15, -0.1) is 6.42 Å². The van der Waals surface area contributed by atoms with Crippen LogP contribution in [0.2, 0.25) is 0 Å². The summed E-state index contributed by atoms with van der Waals surface area (Å²) in [6.07, 6.45) is 6.48. The van der Waals surface area contributed by atoms with Crippen LogP contribution in [0.25, 0.3) is 0 Å². The van der Waals surface area contributed by atoms with Gasteiger partial charge in [0.15, 0.2) is 0 Å². The van der Waals surface area contributed by atoms with Crippen LogP contribution in [-0.2, 0) is 6.54 Å². The highest BCUT2D eigenvalue weighted by Crippen LogP contribution is 2.30. The number of rotatable bonds is 5. The fourth-order valence-electron chi connectivity index (χ4n) is 1.79. The molecule has 1 fully saturated rings. The van der Waals surface area contributed by atoms with Gasteiger partial charge in [-0.05, 0) is 30.5 Å². The number of terminal acetylenes is 1. The zero-order valence-corrected chi connectivity index (χ0v) is 11.5. The van der Waals surface area contributed by atoms with E-state index in [-0.39, 0.29) is 0 Å². The molecule has 1 aromatic rings. The van der Waals surface area contributed by atoms with E-state index in [0.29, 0.717) is 12.6 Å². The quantitative estimate of drug-likeness (QED) is 0.843. The van der Waals surface area contributed by atoms with Gasteiger partial charge in [-0.1, -0.05) is 28.8 Å². The highest BCUT2D eigenvalue weighted by atomic mass is 79.9. The first-order valence-electron chi connectivity index (χ1n) is 5.79. The fraction of sp³-hybridized carbons (Fsp3) is 0.429. The number of nitrogens with one attached hydrogen (secondary N) is 1. The molecule has 2 nitrogen and oxygen atoms in total. The van der Waals surface area contributed by atoms with E-state index >= 15 is 0 Å². The van der Waals surface area contributed by atoms with Crippen LogP contribution in [0.15, 0.2) is 22.7 Å². The summed E-state index contributed by atoms with van der Waals surface area (Å²) in [7, 11) is 0. The van der Waals surface area contributed by atoms with Crippen molar-refractivity contribution in [2.24, 2.45) is 5.92 Å². The van der Waals surface area contributed by atoms with Crippen LogP contribution >= 0.6 is 15.9 Å². The number of halogens is 1. The molecule has 1 aliphatic rings. The number of ether oxygens (including phenoxy) is 1. The summed E-state index contributed by atoms with van der Waals surface area (Å²) in [6, 6.07) is 6.66. The molecule has 0 bridgehead atoms. The summed E-state index contributed by atoms with van der Waals surface area (Å²) in [5, 5.41) is 3.51. The Kier molecular flexibility index (Phi) is 4.09. The number of benzene rings is 1. The van der Waals surface area contributed by atoms with E-state index in [9.17, 15) is 0 Å². The zero-order valence-electron chi connectivity index (χ0n) is 9.87. The molecular weight excluding hydrogens is 278 g/mol. The van der Waals surface area contributed by atoms with Crippen LogP contribution in [0.3, 0.4) is 0 Å². The first kappa shape index (κ1) is 12.5. The molecular formula is C14H16BrNO. The molecule has 1 aromatic carbocycles. The monoisotopic (exact) mass is 293 g/mol. The Bertz CT molecular complexity index is 438. The van der Waals surface area contributed by atoms with Crippen molar-refractivity contribution in [1.29, 1.82) is 0 Å². The van der Waals surface area contributed by atoms with Crippen LogP contribution in [0.5, 0.6) is 5.75 Å². The summed E-state index contributed by atoms with van der Waals surface area (Å²) in [5.41, 5.74) is 1.15. The molecule has 0 saturated heterocycles. The highest BCUT2D eigenvalue weighted by molar-refractivity contribution is 9.10. The molecule has 1 saturated carbocycles. The molecule has 0 heterocycles. The minimum atomic E-state index is 0.314. The van der Waals surface area contributed by atoms with E-state index in [0.717, 1.165) is 28.2 Å². The Morgan fingerprint density at radius 3 is 3.00 bits per heavy atom. The van der Waals surface area contributed by atoms with Gasteiger partial charge in [-0.3, -0.25) is 0 Å². The van der Waals surface area contributed by atoms with Gasteiger partial charge in [0.2, 0.25) is 0 Å². The van der Waals surface area contributed by atoms with E-state index in [2.05, 4.69) is 40.2 Å². The van der Waals surface area contributed by atoms with Gasteiger partial charge >= 0.3 is 0 Å². The molecule has 90 valence electrons. The first-order valence-corrected chi connectivity index (χ1v) is 6.58. The van der Waals surface area contributed by atoms with Crippen molar-refractivity contribution in [3.8, 4) is 18.1 Å². The van der Waals surface area contributed by atoms with E-state index in [4.69, 9.17) is 11.2 Å². The lowest BCUT2D eigenvalue weighted by Crippen LogP contribution is -2.17. The van der Waals surface area contributed by atoms with Crippen molar-refractivity contribution in [2.75, 3.05) is 6.61 Å². The molecule has 1 aliphatic carbocycles. The minimum Gasteiger partial charge on any atom is -0.481 e. The zero-order chi connectivity index (χ0) is 12.3. The van der Waals surface area contributed by atoms with Crippen molar-refractivity contribution in [2.45, 2.75) is 25.9 Å². The van der Waals surface area contributed by atoms with E-state index in [1.807, 2.05) is 12.1 Å². The summed E-state index contributed by atoms with van der Waals surface area (Å²) < 4.78 is 6.59. The van der Waals surface area contributed by atoms with Crippen molar-refractivity contribution in [3.63, 3.8) is 0 Å². The summed E-state index contributed by atoms with van der Waals surface area (Å²) in [4.78, 5) is 0. The predicted molar refractivity (Wildman–Crippen MR) is 72.9 cm³/mol. The lowest BCUT2D eigenvalue weighted by Gasteiger charge is -2.11. The van der Waals surface area contributed by atoms with E-state index < -0.39 is 0 Å². The molecule has 1 N–H and O–H groups in total. The van der Waals surface area contributed by atoms with Crippen molar-refractivity contribution < 1.29 is 4.74 Å². The largest absolute Gasteiger partial charge is 0.481 e. The first-order chi connectivity index (χ1) is 8.20. The lowest BCUT2D eigenvalue weighted by atomic mass is 10.2. The molecule has 0 spiro atoms. The maximum Gasteiger partial charge on any atom is 0.148 e. The second-order valence-electron chi connectivity index (χ2n) is 4.45. The van der Waals surface area contributed by atoms with Gasteiger partial charge in [-0.2, -0.15) is 0 Å². The van der Waals surface area contributed by atoms with Crippen molar-refractivity contribution >= 4 is 15.9 Å². The Morgan fingerprint density at radius 2 is 2.35 bits per heavy atom. The van der Waals surface area contributed by atoms with Crippen LogP contribution < -0.4 is 10.1 Å². The van der Waals surface area contributed by atoms with Gasteiger partial charge < -0.3 is 10.1 Å². The van der Waals surface area contributed by atoms with E-state index in [1.165, 1.54) is 6.42 Å². The average molecular weight is 294 g/mol. The smallest absolute Gasteiger partial charge is 0.148 e. The second-order valence-corrected chi connectivity index (χ2v) is 5.36. The van der Waals surface area contributed by atoms with Gasteiger partial charge in [0.25, 0.3) is 0 Å². The number of hydrogen-bond acceptors (Lipinski definition) is 2. The Hall–Kier alpha value is -0.980. The van der Waals surface area contributed by atoms with Crippen LogP contribution in [0.4, 0.5) is 0 Å². The molecule has 0 aliphatic heterocycles. The molecule has 17 heavy (non-hydrogen) atoms. The van der Waals surface area contributed by atoms with Gasteiger partial charge in [-0.25, -0.2) is 0 Å². The van der Waals surface area contributed by atoms with Crippen LogP contribution in [-0.4, -0.2) is 12.6 Å². The third-order valence-electron chi connectivity index (χ3n) is 3.00. The Labute approximate surface area is 111 Å². The molecule has 0 radical (unpaired) electrons. The molecule has 2 unspecified atom stereocenters. The molecule has 2 atom stereocenters. The van der Waals surface area contributed by atoms with Gasteiger partial charge in [0, 0.05) is 22.6 Å². The summed E-state index contributed by atoms with van der Waals surface area (Å²) >= 11 is 3.48. The maximum absolute atomic E-state index is 5.52. The van der Waals surface area contributed by atoms with E-state index in [1.54, 1.807) is 0 Å². The fourth-order valence-corrected chi connectivity index (χ4v) is 2.20. The SMILES string of the molecule is C#CCOc1ccc(Br)cc1CNC1CC1C. The molecule has 2 rings (SSSR count). The third kappa shape index (κ3) is 3.49. The predicted octanol–water partition coefficient (Wildman–Crippen LogP) is 2.96.